The van der Waals surface area contributed by atoms with Gasteiger partial charge in [0.2, 0.25) is 0 Å². The summed E-state index contributed by atoms with van der Waals surface area (Å²) in [5.41, 5.74) is 4.99. The minimum Gasteiger partial charge on any atom is -0.245 e. The maximum absolute atomic E-state index is 5.00. The van der Waals surface area contributed by atoms with Crippen molar-refractivity contribution in [2.24, 2.45) is 0 Å². The zero-order valence-electron chi connectivity index (χ0n) is 14.7. The largest absolute Gasteiger partial charge is 0.245 e. The van der Waals surface area contributed by atoms with Crippen LogP contribution in [0.25, 0.3) is 52.6 Å². The molecule has 0 atom stereocenters. The fourth-order valence-corrected chi connectivity index (χ4v) is 5.34. The average Bonchev–Trinajstić information content (AvgIpc) is 3.37. The summed E-state index contributed by atoms with van der Waals surface area (Å²) >= 11 is 3.38. The molecule has 6 aromatic rings. The molecule has 0 aliphatic rings. The van der Waals surface area contributed by atoms with Crippen molar-refractivity contribution in [3.05, 3.63) is 78.9 Å². The molecule has 28 heavy (non-hydrogen) atoms. The Balaban J connectivity index is 1.56. The van der Waals surface area contributed by atoms with Crippen LogP contribution in [0.1, 0.15) is 0 Å². The Morgan fingerprint density at radius 3 is 1.96 bits per heavy atom. The van der Waals surface area contributed by atoms with Crippen LogP contribution in [0.3, 0.4) is 0 Å². The van der Waals surface area contributed by atoms with Crippen LogP contribution in [-0.2, 0) is 0 Å². The van der Waals surface area contributed by atoms with Crippen molar-refractivity contribution in [2.45, 2.75) is 0 Å². The molecule has 132 valence electrons. The molecule has 0 saturated carbocycles. The van der Waals surface area contributed by atoms with Gasteiger partial charge in [0.1, 0.15) is 10.0 Å². The lowest BCUT2D eigenvalue weighted by Crippen LogP contribution is -1.88. The number of thiazole rings is 2. The van der Waals surface area contributed by atoms with Crippen molar-refractivity contribution in [1.82, 2.24) is 15.0 Å². The molecule has 5 heteroatoms. The van der Waals surface area contributed by atoms with Crippen molar-refractivity contribution in [3.63, 3.8) is 0 Å². The summed E-state index contributed by atoms with van der Waals surface area (Å²) in [5.74, 6) is 0. The number of fused-ring (bicyclic) bond motifs is 3. The molecule has 3 aromatic carbocycles. The minimum atomic E-state index is 0.905. The van der Waals surface area contributed by atoms with Gasteiger partial charge < -0.3 is 0 Å². The van der Waals surface area contributed by atoms with Gasteiger partial charge in [-0.25, -0.2) is 15.0 Å². The highest BCUT2D eigenvalue weighted by Gasteiger charge is 2.13. The highest BCUT2D eigenvalue weighted by molar-refractivity contribution is 7.22. The fourth-order valence-electron chi connectivity index (χ4n) is 3.41. The van der Waals surface area contributed by atoms with Crippen molar-refractivity contribution in [3.8, 4) is 21.3 Å². The number of rotatable bonds is 2. The Bertz CT molecular complexity index is 1410. The van der Waals surface area contributed by atoms with E-state index in [0.717, 1.165) is 43.2 Å². The summed E-state index contributed by atoms with van der Waals surface area (Å²) in [5, 5.41) is 3.06. The Hall–Kier alpha value is -3.15. The van der Waals surface area contributed by atoms with Crippen LogP contribution in [0, 0.1) is 0 Å². The van der Waals surface area contributed by atoms with E-state index in [0.29, 0.717) is 0 Å². The van der Waals surface area contributed by atoms with E-state index < -0.39 is 0 Å². The molecule has 3 heterocycles. The number of pyridine rings is 1. The zero-order valence-corrected chi connectivity index (χ0v) is 16.3. The van der Waals surface area contributed by atoms with Crippen LogP contribution >= 0.6 is 22.7 Å². The van der Waals surface area contributed by atoms with Crippen molar-refractivity contribution >= 4 is 54.0 Å². The first kappa shape index (κ1) is 15.9. The lowest BCUT2D eigenvalue weighted by atomic mass is 10.1. The van der Waals surface area contributed by atoms with Gasteiger partial charge in [-0.1, -0.05) is 42.5 Å². The molecule has 0 aliphatic heterocycles. The van der Waals surface area contributed by atoms with Gasteiger partial charge in [0, 0.05) is 10.9 Å². The summed E-state index contributed by atoms with van der Waals surface area (Å²) in [4.78, 5) is 14.6. The third-order valence-electron chi connectivity index (χ3n) is 4.76. The summed E-state index contributed by atoms with van der Waals surface area (Å²) in [6.07, 6.45) is 0. The van der Waals surface area contributed by atoms with Crippen LogP contribution in [0.4, 0.5) is 0 Å². The van der Waals surface area contributed by atoms with Crippen LogP contribution in [0.5, 0.6) is 0 Å². The SMILES string of the molecule is c1cc(-c2nc3ccccc3s2)c2nc(-c3nc4ccccc4s3)ccc2c1. The molecule has 0 spiro atoms. The summed E-state index contributed by atoms with van der Waals surface area (Å²) in [7, 11) is 0. The quantitative estimate of drug-likeness (QED) is 0.324. The molecule has 0 saturated heterocycles. The summed E-state index contributed by atoms with van der Waals surface area (Å²) in [6.45, 7) is 0. The number of benzene rings is 3. The van der Waals surface area contributed by atoms with E-state index >= 15 is 0 Å². The van der Waals surface area contributed by atoms with Gasteiger partial charge in [0.15, 0.2) is 0 Å². The molecule has 6 rings (SSSR count). The predicted octanol–water partition coefficient (Wildman–Crippen LogP) is 6.79. The van der Waals surface area contributed by atoms with Gasteiger partial charge >= 0.3 is 0 Å². The summed E-state index contributed by atoms with van der Waals surface area (Å²) < 4.78 is 2.37. The van der Waals surface area contributed by atoms with Crippen LogP contribution in [0.15, 0.2) is 78.9 Å². The first-order chi connectivity index (χ1) is 13.8. The number of aromatic nitrogens is 3. The molecular formula is C23H13N3S2. The molecule has 0 N–H and O–H groups in total. The number of hydrogen-bond acceptors (Lipinski definition) is 5. The van der Waals surface area contributed by atoms with Gasteiger partial charge in [0.05, 0.1) is 31.6 Å². The topological polar surface area (TPSA) is 38.7 Å². The number of nitrogens with zero attached hydrogens (tertiary/aromatic N) is 3. The van der Waals surface area contributed by atoms with E-state index in [1.807, 2.05) is 24.3 Å². The Kier molecular flexibility index (Phi) is 3.51. The first-order valence-corrected chi connectivity index (χ1v) is 10.6. The summed E-state index contributed by atoms with van der Waals surface area (Å²) in [6, 6.07) is 26.9. The molecule has 0 radical (unpaired) electrons. The van der Waals surface area contributed by atoms with Crippen molar-refractivity contribution in [2.75, 3.05) is 0 Å². The number of para-hydroxylation sites is 3. The molecule has 3 aromatic heterocycles. The smallest absolute Gasteiger partial charge is 0.143 e. The maximum atomic E-state index is 5.00. The van der Waals surface area contributed by atoms with Gasteiger partial charge in [-0.3, -0.25) is 0 Å². The van der Waals surface area contributed by atoms with Gasteiger partial charge in [-0.15, -0.1) is 22.7 Å². The van der Waals surface area contributed by atoms with E-state index in [9.17, 15) is 0 Å². The van der Waals surface area contributed by atoms with Gasteiger partial charge in [0.25, 0.3) is 0 Å². The Labute approximate surface area is 169 Å². The lowest BCUT2D eigenvalue weighted by Gasteiger charge is -2.05. The van der Waals surface area contributed by atoms with E-state index in [1.165, 1.54) is 9.40 Å². The second-order valence-corrected chi connectivity index (χ2v) is 8.61. The lowest BCUT2D eigenvalue weighted by molar-refractivity contribution is 1.36. The predicted molar refractivity (Wildman–Crippen MR) is 119 cm³/mol. The molecule has 0 aliphatic carbocycles. The Morgan fingerprint density at radius 1 is 0.536 bits per heavy atom. The van der Waals surface area contributed by atoms with E-state index in [2.05, 4.69) is 54.6 Å². The highest BCUT2D eigenvalue weighted by atomic mass is 32.1. The van der Waals surface area contributed by atoms with E-state index in [1.54, 1.807) is 22.7 Å². The van der Waals surface area contributed by atoms with Crippen LogP contribution < -0.4 is 0 Å². The minimum absolute atomic E-state index is 0.905. The Morgan fingerprint density at radius 2 is 1.21 bits per heavy atom. The first-order valence-electron chi connectivity index (χ1n) is 8.97. The van der Waals surface area contributed by atoms with Crippen molar-refractivity contribution < 1.29 is 0 Å². The second-order valence-electron chi connectivity index (χ2n) is 6.55. The second kappa shape index (κ2) is 6.19. The third-order valence-corrected chi connectivity index (χ3v) is 6.89. The van der Waals surface area contributed by atoms with E-state index in [4.69, 9.17) is 15.0 Å². The van der Waals surface area contributed by atoms with Gasteiger partial charge in [-0.05, 0) is 36.4 Å². The highest BCUT2D eigenvalue weighted by Crippen LogP contribution is 2.35. The fraction of sp³-hybridized carbons (Fsp3) is 0. The van der Waals surface area contributed by atoms with Gasteiger partial charge in [-0.2, -0.15) is 0 Å². The third kappa shape index (κ3) is 2.52. The van der Waals surface area contributed by atoms with Crippen molar-refractivity contribution in [1.29, 1.82) is 0 Å². The average molecular weight is 396 g/mol. The standard InChI is InChI=1S/C23H13N3S2/c1-3-10-19-16(8-1)25-22(27-19)15-7-5-6-14-12-13-18(24-21(14)15)23-26-17-9-2-4-11-20(17)28-23/h1-13H. The monoisotopic (exact) mass is 395 g/mol. The normalized spacial score (nSPS) is 11.6. The molecule has 0 fully saturated rings. The molecule has 0 unspecified atom stereocenters. The number of hydrogen-bond donors (Lipinski definition) is 0. The van der Waals surface area contributed by atoms with Crippen LogP contribution in [0.2, 0.25) is 0 Å². The maximum Gasteiger partial charge on any atom is 0.143 e. The molecule has 3 nitrogen and oxygen atoms in total. The zero-order chi connectivity index (χ0) is 18.5. The molecule has 0 bridgehead atoms. The van der Waals surface area contributed by atoms with Crippen LogP contribution in [-0.4, -0.2) is 15.0 Å². The molecular weight excluding hydrogens is 382 g/mol. The van der Waals surface area contributed by atoms with E-state index in [-0.39, 0.29) is 0 Å². The molecule has 0 amide bonds.